The predicted octanol–water partition coefficient (Wildman–Crippen LogP) is 2.83. The molecule has 1 N–H and O–H groups in total. The van der Waals surface area contributed by atoms with E-state index in [4.69, 9.17) is 5.26 Å². The predicted molar refractivity (Wildman–Crippen MR) is 77.1 cm³/mol. The number of amides is 1. The minimum Gasteiger partial charge on any atom is -0.311 e. The zero-order valence-corrected chi connectivity index (χ0v) is 11.3. The maximum atomic E-state index is 11.8. The molecule has 2 aromatic rings. The van der Waals surface area contributed by atoms with E-state index >= 15 is 0 Å². The molecule has 4 nitrogen and oxygen atoms in total. The van der Waals surface area contributed by atoms with Crippen LogP contribution in [0.25, 0.3) is 0 Å². The van der Waals surface area contributed by atoms with Crippen molar-refractivity contribution in [1.82, 2.24) is 4.98 Å². The van der Waals surface area contributed by atoms with Gasteiger partial charge in [-0.05, 0) is 36.6 Å². The van der Waals surface area contributed by atoms with E-state index in [-0.39, 0.29) is 5.91 Å². The summed E-state index contributed by atoms with van der Waals surface area (Å²) in [7, 11) is 0. The third-order valence-corrected chi connectivity index (χ3v) is 3.04. The third-order valence-electron chi connectivity index (χ3n) is 3.04. The molecule has 0 aliphatic carbocycles. The molecule has 0 aliphatic heterocycles. The van der Waals surface area contributed by atoms with Gasteiger partial charge in [-0.1, -0.05) is 24.3 Å². The summed E-state index contributed by atoms with van der Waals surface area (Å²) in [4.78, 5) is 15.8. The van der Waals surface area contributed by atoms with Crippen LogP contribution < -0.4 is 5.32 Å². The fourth-order valence-corrected chi connectivity index (χ4v) is 1.88. The van der Waals surface area contributed by atoms with Gasteiger partial charge in [0.1, 0.15) is 11.9 Å². The van der Waals surface area contributed by atoms with Crippen LogP contribution in [-0.2, 0) is 11.2 Å². The van der Waals surface area contributed by atoms with Crippen molar-refractivity contribution < 1.29 is 4.79 Å². The summed E-state index contributed by atoms with van der Waals surface area (Å²) in [5, 5.41) is 11.4. The van der Waals surface area contributed by atoms with E-state index in [1.807, 2.05) is 37.3 Å². The molecule has 1 aromatic heterocycles. The Kier molecular flexibility index (Phi) is 4.46. The van der Waals surface area contributed by atoms with Crippen molar-refractivity contribution in [2.75, 3.05) is 5.32 Å². The largest absolute Gasteiger partial charge is 0.311 e. The third kappa shape index (κ3) is 3.66. The lowest BCUT2D eigenvalue weighted by molar-refractivity contribution is -0.116. The smallest absolute Gasteiger partial charge is 0.225 e. The van der Waals surface area contributed by atoms with Gasteiger partial charge in [0.15, 0.2) is 0 Å². The van der Waals surface area contributed by atoms with Crippen molar-refractivity contribution in [2.24, 2.45) is 0 Å². The Balaban J connectivity index is 1.89. The van der Waals surface area contributed by atoms with Crippen LogP contribution in [-0.4, -0.2) is 10.9 Å². The van der Waals surface area contributed by atoms with Gasteiger partial charge in [0.05, 0.1) is 5.56 Å². The van der Waals surface area contributed by atoms with Crippen LogP contribution in [0.3, 0.4) is 0 Å². The number of carbonyl (C=O) groups excluding carboxylic acids is 1. The molecule has 0 aliphatic rings. The summed E-state index contributed by atoms with van der Waals surface area (Å²) >= 11 is 0. The van der Waals surface area contributed by atoms with Gasteiger partial charge in [-0.3, -0.25) is 4.79 Å². The molecule has 4 heteroatoms. The molecule has 0 fully saturated rings. The first-order chi connectivity index (χ1) is 9.69. The van der Waals surface area contributed by atoms with Crippen molar-refractivity contribution in [2.45, 2.75) is 19.8 Å². The van der Waals surface area contributed by atoms with E-state index in [2.05, 4.69) is 10.3 Å². The molecular formula is C16H15N3O. The number of nitriles is 1. The maximum Gasteiger partial charge on any atom is 0.225 e. The van der Waals surface area contributed by atoms with Crippen LogP contribution in [0, 0.1) is 18.3 Å². The number of hydrogen-bond acceptors (Lipinski definition) is 3. The number of aromatic nitrogens is 1. The van der Waals surface area contributed by atoms with E-state index in [9.17, 15) is 4.79 Å². The van der Waals surface area contributed by atoms with Gasteiger partial charge in [0.25, 0.3) is 0 Å². The molecule has 0 bridgehead atoms. The Morgan fingerprint density at radius 2 is 2.10 bits per heavy atom. The minimum atomic E-state index is -0.0783. The van der Waals surface area contributed by atoms with Crippen LogP contribution in [0.1, 0.15) is 23.1 Å². The van der Waals surface area contributed by atoms with Crippen molar-refractivity contribution in [3.8, 4) is 6.07 Å². The van der Waals surface area contributed by atoms with Gasteiger partial charge in [-0.25, -0.2) is 4.98 Å². The van der Waals surface area contributed by atoms with E-state index < -0.39 is 0 Å². The standard InChI is InChI=1S/C16H15N3O/c1-12-4-2-3-5-14(12)7-9-16(20)19-15-8-6-13(10-17)11-18-15/h2-6,8,11H,7,9H2,1H3,(H,18,19,20). The molecule has 100 valence electrons. The fourth-order valence-electron chi connectivity index (χ4n) is 1.88. The number of benzene rings is 1. The second-order valence-electron chi connectivity index (χ2n) is 4.52. The number of hydrogen-bond donors (Lipinski definition) is 1. The Labute approximate surface area is 118 Å². The van der Waals surface area contributed by atoms with Gasteiger partial charge < -0.3 is 5.32 Å². The lowest BCUT2D eigenvalue weighted by Crippen LogP contribution is -2.13. The number of aryl methyl sites for hydroxylation is 2. The van der Waals surface area contributed by atoms with Crippen LogP contribution in [0.5, 0.6) is 0 Å². The van der Waals surface area contributed by atoms with Gasteiger partial charge in [0.2, 0.25) is 5.91 Å². The lowest BCUT2D eigenvalue weighted by atomic mass is 10.0. The fraction of sp³-hybridized carbons (Fsp3) is 0.188. The number of pyridine rings is 1. The highest BCUT2D eigenvalue weighted by Gasteiger charge is 2.05. The summed E-state index contributed by atoms with van der Waals surface area (Å²) in [6.07, 6.45) is 2.55. The van der Waals surface area contributed by atoms with Crippen LogP contribution in [0.2, 0.25) is 0 Å². The summed E-state index contributed by atoms with van der Waals surface area (Å²) in [6, 6.07) is 13.3. The molecule has 0 unspecified atom stereocenters. The van der Waals surface area contributed by atoms with Gasteiger partial charge in [-0.2, -0.15) is 5.26 Å². The molecule has 0 saturated heterocycles. The minimum absolute atomic E-state index is 0.0783. The monoisotopic (exact) mass is 265 g/mol. The summed E-state index contributed by atoms with van der Waals surface area (Å²) in [5.41, 5.74) is 2.84. The van der Waals surface area contributed by atoms with E-state index in [0.717, 1.165) is 0 Å². The van der Waals surface area contributed by atoms with Crippen LogP contribution in [0.4, 0.5) is 5.82 Å². The summed E-state index contributed by atoms with van der Waals surface area (Å²) in [5.74, 6) is 0.393. The Hall–Kier alpha value is -2.67. The molecule has 0 saturated carbocycles. The maximum absolute atomic E-state index is 11.8. The molecule has 0 spiro atoms. The highest BCUT2D eigenvalue weighted by atomic mass is 16.1. The van der Waals surface area contributed by atoms with Crippen LogP contribution in [0.15, 0.2) is 42.6 Å². The van der Waals surface area contributed by atoms with Crippen LogP contribution >= 0.6 is 0 Å². The second kappa shape index (κ2) is 6.48. The molecule has 20 heavy (non-hydrogen) atoms. The Bertz CT molecular complexity index is 642. The number of nitrogens with one attached hydrogen (secondary N) is 1. The Morgan fingerprint density at radius 1 is 1.30 bits per heavy atom. The number of carbonyl (C=O) groups is 1. The second-order valence-corrected chi connectivity index (χ2v) is 4.52. The van der Waals surface area contributed by atoms with Crippen molar-refractivity contribution in [1.29, 1.82) is 5.26 Å². The normalized spacial score (nSPS) is 9.80. The molecule has 0 radical (unpaired) electrons. The highest BCUT2D eigenvalue weighted by Crippen LogP contribution is 2.10. The van der Waals surface area contributed by atoms with Crippen molar-refractivity contribution in [3.63, 3.8) is 0 Å². The van der Waals surface area contributed by atoms with Gasteiger partial charge in [-0.15, -0.1) is 0 Å². The number of nitrogens with zero attached hydrogens (tertiary/aromatic N) is 2. The molecule has 1 amide bonds. The SMILES string of the molecule is Cc1ccccc1CCC(=O)Nc1ccc(C#N)cn1. The van der Waals surface area contributed by atoms with E-state index in [1.54, 1.807) is 12.1 Å². The first-order valence-electron chi connectivity index (χ1n) is 6.39. The first-order valence-corrected chi connectivity index (χ1v) is 6.39. The van der Waals surface area contributed by atoms with E-state index in [1.165, 1.54) is 17.3 Å². The number of rotatable bonds is 4. The highest BCUT2D eigenvalue weighted by molar-refractivity contribution is 5.89. The quantitative estimate of drug-likeness (QED) is 0.924. The lowest BCUT2D eigenvalue weighted by Gasteiger charge is -2.06. The molecule has 1 aromatic carbocycles. The van der Waals surface area contributed by atoms with Crippen molar-refractivity contribution in [3.05, 3.63) is 59.3 Å². The van der Waals surface area contributed by atoms with Gasteiger partial charge >= 0.3 is 0 Å². The average molecular weight is 265 g/mol. The zero-order valence-electron chi connectivity index (χ0n) is 11.3. The molecule has 2 rings (SSSR count). The van der Waals surface area contributed by atoms with Gasteiger partial charge in [0, 0.05) is 12.6 Å². The number of anilines is 1. The molecular weight excluding hydrogens is 250 g/mol. The molecule has 1 heterocycles. The summed E-state index contributed by atoms with van der Waals surface area (Å²) < 4.78 is 0. The topological polar surface area (TPSA) is 65.8 Å². The molecule has 0 atom stereocenters. The summed E-state index contributed by atoms with van der Waals surface area (Å²) in [6.45, 7) is 2.04. The average Bonchev–Trinajstić information content (AvgIpc) is 2.47. The Morgan fingerprint density at radius 3 is 2.75 bits per heavy atom. The van der Waals surface area contributed by atoms with Crippen molar-refractivity contribution >= 4 is 11.7 Å². The zero-order chi connectivity index (χ0) is 14.4. The van der Waals surface area contributed by atoms with E-state index in [0.29, 0.717) is 24.2 Å². The first kappa shape index (κ1) is 13.8.